The van der Waals surface area contributed by atoms with Crippen LogP contribution in [-0.2, 0) is 9.53 Å². The fourth-order valence-electron chi connectivity index (χ4n) is 1.57. The number of likely N-dealkylation sites (N-methyl/N-ethyl adjacent to an activating group) is 1. The van der Waals surface area contributed by atoms with Gasteiger partial charge in [-0.3, -0.25) is 9.69 Å². The van der Waals surface area contributed by atoms with Crippen molar-refractivity contribution in [3.8, 4) is 0 Å². The summed E-state index contributed by atoms with van der Waals surface area (Å²) in [6.45, 7) is 9.34. The molecule has 5 nitrogen and oxygen atoms in total. The number of aliphatic hydroxyl groups excluding tert-OH is 1. The second-order valence-electron chi connectivity index (χ2n) is 4.70. The van der Waals surface area contributed by atoms with Crippen LogP contribution in [0.25, 0.3) is 0 Å². The van der Waals surface area contributed by atoms with E-state index in [0.29, 0.717) is 32.3 Å². The molecule has 1 atom stereocenters. The van der Waals surface area contributed by atoms with Crippen molar-refractivity contribution in [2.24, 2.45) is 0 Å². The van der Waals surface area contributed by atoms with E-state index in [1.807, 2.05) is 25.8 Å². The van der Waals surface area contributed by atoms with E-state index in [2.05, 4.69) is 6.58 Å². The largest absolute Gasteiger partial charge is 0.510 e. The van der Waals surface area contributed by atoms with Crippen molar-refractivity contribution in [3.63, 3.8) is 0 Å². The van der Waals surface area contributed by atoms with E-state index in [9.17, 15) is 9.90 Å². The predicted molar refractivity (Wildman–Crippen MR) is 65.9 cm³/mol. The third-order valence-electron chi connectivity index (χ3n) is 3.06. The first-order chi connectivity index (χ1) is 7.91. The summed E-state index contributed by atoms with van der Waals surface area (Å²) in [5.41, 5.74) is 0. The molecule has 1 N–H and O–H groups in total. The Bertz CT molecular complexity index is 291. The molecule has 5 heteroatoms. The molecule has 98 valence electrons. The van der Waals surface area contributed by atoms with Gasteiger partial charge in [0.25, 0.3) is 0 Å². The molecular weight excluding hydrogens is 220 g/mol. The van der Waals surface area contributed by atoms with Gasteiger partial charge in [0.1, 0.15) is 11.9 Å². The van der Waals surface area contributed by atoms with Gasteiger partial charge in [-0.25, -0.2) is 0 Å². The van der Waals surface area contributed by atoms with Gasteiger partial charge in [0.15, 0.2) is 0 Å². The highest BCUT2D eigenvalue weighted by atomic mass is 16.5. The lowest BCUT2D eigenvalue weighted by Crippen LogP contribution is -2.49. The van der Waals surface area contributed by atoms with Crippen molar-refractivity contribution in [3.05, 3.63) is 12.3 Å². The van der Waals surface area contributed by atoms with Crippen LogP contribution in [0.4, 0.5) is 0 Å². The lowest BCUT2D eigenvalue weighted by Gasteiger charge is -2.34. The van der Waals surface area contributed by atoms with Gasteiger partial charge in [0.2, 0.25) is 5.91 Å². The van der Waals surface area contributed by atoms with Crippen LogP contribution in [0.15, 0.2) is 12.3 Å². The van der Waals surface area contributed by atoms with Crippen LogP contribution in [-0.4, -0.2) is 66.2 Å². The van der Waals surface area contributed by atoms with E-state index in [4.69, 9.17) is 4.74 Å². The molecule has 0 saturated carbocycles. The van der Waals surface area contributed by atoms with Crippen LogP contribution < -0.4 is 0 Å². The number of aliphatic hydroxyl groups is 1. The molecule has 1 amide bonds. The fraction of sp³-hybridized carbons (Fsp3) is 0.750. The standard InChI is InChI=1S/C12H22N2O3/c1-9(2)13(4)8-12(16)14-5-6-17-11(7-14)10(3)15/h9,11,15H,3,5-8H2,1-2,4H3/t11-/m0/s1. The van der Waals surface area contributed by atoms with Crippen molar-refractivity contribution >= 4 is 5.91 Å². The van der Waals surface area contributed by atoms with Crippen LogP contribution in [0.3, 0.4) is 0 Å². The first-order valence-electron chi connectivity index (χ1n) is 5.89. The first kappa shape index (κ1) is 14.0. The number of hydrogen-bond donors (Lipinski definition) is 1. The number of carbonyl (C=O) groups is 1. The number of ether oxygens (including phenoxy) is 1. The summed E-state index contributed by atoms with van der Waals surface area (Å²) in [5.74, 6) is 0.0514. The number of hydrogen-bond acceptors (Lipinski definition) is 4. The number of morpholine rings is 1. The van der Waals surface area contributed by atoms with Crippen LogP contribution in [0.5, 0.6) is 0 Å². The Morgan fingerprint density at radius 3 is 2.82 bits per heavy atom. The van der Waals surface area contributed by atoms with Gasteiger partial charge in [-0.05, 0) is 20.9 Å². The van der Waals surface area contributed by atoms with Crippen molar-refractivity contribution in [2.45, 2.75) is 26.0 Å². The lowest BCUT2D eigenvalue weighted by molar-refractivity contribution is -0.139. The Morgan fingerprint density at radius 2 is 2.29 bits per heavy atom. The highest BCUT2D eigenvalue weighted by molar-refractivity contribution is 5.78. The van der Waals surface area contributed by atoms with Gasteiger partial charge in [-0.1, -0.05) is 6.58 Å². The zero-order chi connectivity index (χ0) is 13.0. The van der Waals surface area contributed by atoms with Crippen LogP contribution in [0, 0.1) is 0 Å². The summed E-state index contributed by atoms with van der Waals surface area (Å²) < 4.78 is 5.32. The van der Waals surface area contributed by atoms with Crippen molar-refractivity contribution in [1.29, 1.82) is 0 Å². The van der Waals surface area contributed by atoms with Gasteiger partial charge in [-0.15, -0.1) is 0 Å². The predicted octanol–water partition coefficient (Wildman–Crippen LogP) is 0.626. The van der Waals surface area contributed by atoms with Crippen LogP contribution in [0.2, 0.25) is 0 Å². The van der Waals surface area contributed by atoms with E-state index < -0.39 is 6.10 Å². The Morgan fingerprint density at radius 1 is 1.65 bits per heavy atom. The normalized spacial score (nSPS) is 21.0. The molecular formula is C12H22N2O3. The summed E-state index contributed by atoms with van der Waals surface area (Å²) >= 11 is 0. The molecule has 1 aliphatic rings. The summed E-state index contributed by atoms with van der Waals surface area (Å²) in [7, 11) is 1.92. The smallest absolute Gasteiger partial charge is 0.236 e. The molecule has 0 aromatic carbocycles. The average molecular weight is 242 g/mol. The monoisotopic (exact) mass is 242 g/mol. The topological polar surface area (TPSA) is 53.0 Å². The van der Waals surface area contributed by atoms with Crippen LogP contribution in [0.1, 0.15) is 13.8 Å². The maximum absolute atomic E-state index is 12.0. The summed E-state index contributed by atoms with van der Waals surface area (Å²) in [4.78, 5) is 15.7. The second-order valence-corrected chi connectivity index (χ2v) is 4.70. The van der Waals surface area contributed by atoms with E-state index in [1.54, 1.807) is 4.90 Å². The average Bonchev–Trinajstić information content (AvgIpc) is 2.28. The van der Waals surface area contributed by atoms with E-state index in [-0.39, 0.29) is 11.7 Å². The van der Waals surface area contributed by atoms with E-state index in [0.717, 1.165) is 0 Å². The Balaban J connectivity index is 2.49. The van der Waals surface area contributed by atoms with Crippen molar-refractivity contribution < 1.29 is 14.6 Å². The second kappa shape index (κ2) is 6.02. The maximum Gasteiger partial charge on any atom is 0.236 e. The van der Waals surface area contributed by atoms with Gasteiger partial charge in [-0.2, -0.15) is 0 Å². The molecule has 17 heavy (non-hydrogen) atoms. The SMILES string of the molecule is C=C(O)[C@@H]1CN(C(=O)CN(C)C(C)C)CCO1. The van der Waals surface area contributed by atoms with Gasteiger partial charge < -0.3 is 14.7 Å². The summed E-state index contributed by atoms with van der Waals surface area (Å²) in [6, 6.07) is 0.337. The molecule has 1 fully saturated rings. The lowest BCUT2D eigenvalue weighted by atomic mass is 10.2. The van der Waals surface area contributed by atoms with Crippen molar-refractivity contribution in [1.82, 2.24) is 9.80 Å². The van der Waals surface area contributed by atoms with E-state index >= 15 is 0 Å². The molecule has 0 aromatic rings. The van der Waals surface area contributed by atoms with Gasteiger partial charge in [0.05, 0.1) is 19.7 Å². The molecule has 0 aliphatic carbocycles. The molecule has 0 unspecified atom stereocenters. The first-order valence-corrected chi connectivity index (χ1v) is 5.89. The van der Waals surface area contributed by atoms with Crippen LogP contribution >= 0.6 is 0 Å². The highest BCUT2D eigenvalue weighted by Gasteiger charge is 2.26. The maximum atomic E-state index is 12.0. The Kier molecular flexibility index (Phi) is 4.96. The Labute approximate surface area is 103 Å². The third-order valence-corrected chi connectivity index (χ3v) is 3.06. The Hall–Kier alpha value is -1.07. The molecule has 1 heterocycles. The zero-order valence-electron chi connectivity index (χ0n) is 10.8. The number of amides is 1. The molecule has 1 saturated heterocycles. The minimum Gasteiger partial charge on any atom is -0.510 e. The third kappa shape index (κ3) is 4.02. The molecule has 1 aliphatic heterocycles. The zero-order valence-corrected chi connectivity index (χ0v) is 10.8. The molecule has 0 radical (unpaired) electrons. The molecule has 0 spiro atoms. The fourth-order valence-corrected chi connectivity index (χ4v) is 1.57. The minimum absolute atomic E-state index is 0.0142. The number of carbonyl (C=O) groups excluding carboxylic acids is 1. The molecule has 0 aromatic heterocycles. The van der Waals surface area contributed by atoms with Crippen molar-refractivity contribution in [2.75, 3.05) is 33.3 Å². The number of nitrogens with zero attached hydrogens (tertiary/aromatic N) is 2. The van der Waals surface area contributed by atoms with Gasteiger partial charge >= 0.3 is 0 Å². The minimum atomic E-state index is -0.447. The highest BCUT2D eigenvalue weighted by Crippen LogP contribution is 2.10. The summed E-state index contributed by atoms with van der Waals surface area (Å²) in [6.07, 6.45) is -0.447. The number of rotatable bonds is 4. The van der Waals surface area contributed by atoms with E-state index in [1.165, 1.54) is 0 Å². The molecule has 1 rings (SSSR count). The van der Waals surface area contributed by atoms with Gasteiger partial charge in [0, 0.05) is 12.6 Å². The quantitative estimate of drug-likeness (QED) is 0.735. The molecule has 0 bridgehead atoms. The summed E-state index contributed by atoms with van der Waals surface area (Å²) in [5, 5.41) is 9.28.